The summed E-state index contributed by atoms with van der Waals surface area (Å²) < 4.78 is 0. The highest BCUT2D eigenvalue weighted by atomic mass is 16.5. The van der Waals surface area contributed by atoms with Crippen LogP contribution >= 0.6 is 0 Å². The quantitative estimate of drug-likeness (QED) is 0.791. The summed E-state index contributed by atoms with van der Waals surface area (Å²) in [5.74, 6) is 0.709. The Hall–Kier alpha value is -1.55. The van der Waals surface area contributed by atoms with Crippen molar-refractivity contribution in [3.8, 4) is 0 Å². The summed E-state index contributed by atoms with van der Waals surface area (Å²) in [5, 5.41) is 12.2. The molecule has 1 fully saturated rings. The van der Waals surface area contributed by atoms with Gasteiger partial charge in [-0.1, -0.05) is 18.6 Å². The minimum atomic E-state index is -0.212. The van der Waals surface area contributed by atoms with E-state index in [1.165, 1.54) is 23.6 Å². The lowest BCUT2D eigenvalue weighted by molar-refractivity contribution is -0.0585. The van der Waals surface area contributed by atoms with E-state index in [1.807, 2.05) is 6.07 Å². The first-order chi connectivity index (χ1) is 9.97. The molecule has 1 aromatic carbocycles. The molecule has 1 unspecified atom stereocenters. The Bertz CT molecular complexity index is 547. The molecule has 114 valence electrons. The van der Waals surface area contributed by atoms with Crippen LogP contribution in [0.3, 0.4) is 0 Å². The van der Waals surface area contributed by atoms with Crippen LogP contribution in [-0.2, 0) is 0 Å². The molecule has 0 aliphatic carbocycles. The lowest BCUT2D eigenvalue weighted by atomic mass is 10.0. The monoisotopic (exact) mass is 287 g/mol. The fraction of sp³-hybridized carbons (Fsp3) is 0.588. The van der Waals surface area contributed by atoms with E-state index in [1.54, 1.807) is 0 Å². The number of benzene rings is 1. The van der Waals surface area contributed by atoms with E-state index in [0.29, 0.717) is 5.84 Å². The van der Waals surface area contributed by atoms with E-state index in [-0.39, 0.29) is 11.7 Å². The van der Waals surface area contributed by atoms with Crippen LogP contribution in [0.2, 0.25) is 0 Å². The summed E-state index contributed by atoms with van der Waals surface area (Å²) in [6.45, 7) is 7.20. The zero-order chi connectivity index (χ0) is 15.0. The molecular weight excluding hydrogens is 262 g/mol. The lowest BCUT2D eigenvalue weighted by Crippen LogP contribution is -2.54. The maximum atomic E-state index is 10.8. The van der Waals surface area contributed by atoms with Gasteiger partial charge < -0.3 is 4.90 Å². The predicted octanol–water partition coefficient (Wildman–Crippen LogP) is 3.64. The van der Waals surface area contributed by atoms with Crippen LogP contribution in [0.15, 0.2) is 29.3 Å². The van der Waals surface area contributed by atoms with Gasteiger partial charge in [0.25, 0.3) is 0 Å². The van der Waals surface area contributed by atoms with Crippen molar-refractivity contribution < 1.29 is 5.21 Å². The maximum absolute atomic E-state index is 10.8. The van der Waals surface area contributed by atoms with Gasteiger partial charge in [0.2, 0.25) is 0 Å². The van der Waals surface area contributed by atoms with Gasteiger partial charge in [-0.05, 0) is 52.2 Å². The molecule has 3 rings (SSSR count). The Kier molecular flexibility index (Phi) is 3.66. The number of hydroxylamine groups is 2. The first-order valence-electron chi connectivity index (χ1n) is 7.91. The molecule has 0 aromatic heterocycles. The van der Waals surface area contributed by atoms with E-state index in [2.05, 4.69) is 43.9 Å². The molecule has 2 aliphatic heterocycles. The van der Waals surface area contributed by atoms with Gasteiger partial charge in [-0.3, -0.25) is 10.2 Å². The molecule has 21 heavy (non-hydrogen) atoms. The molecule has 0 spiro atoms. The third-order valence-electron chi connectivity index (χ3n) is 4.12. The highest BCUT2D eigenvalue weighted by molar-refractivity contribution is 6.05. The third kappa shape index (κ3) is 2.77. The highest BCUT2D eigenvalue weighted by Crippen LogP contribution is 2.35. The van der Waals surface area contributed by atoms with Crippen LogP contribution in [0, 0.1) is 0 Å². The van der Waals surface area contributed by atoms with Crippen LogP contribution in [0.1, 0.15) is 52.0 Å². The van der Waals surface area contributed by atoms with Crippen LogP contribution < -0.4 is 4.90 Å². The molecule has 1 saturated heterocycles. The van der Waals surface area contributed by atoms with Gasteiger partial charge in [0, 0.05) is 17.8 Å². The molecule has 0 radical (unpaired) electrons. The number of hydrogen-bond donors (Lipinski definition) is 1. The molecule has 0 saturated carbocycles. The maximum Gasteiger partial charge on any atom is 0.159 e. The Morgan fingerprint density at radius 3 is 2.67 bits per heavy atom. The van der Waals surface area contributed by atoms with Gasteiger partial charge in [-0.15, -0.1) is 0 Å². The predicted molar refractivity (Wildman–Crippen MR) is 86.0 cm³/mol. The van der Waals surface area contributed by atoms with Crippen molar-refractivity contribution in [3.63, 3.8) is 0 Å². The van der Waals surface area contributed by atoms with Crippen molar-refractivity contribution in [3.05, 3.63) is 29.8 Å². The first-order valence-corrected chi connectivity index (χ1v) is 7.91. The standard InChI is InChI=1S/C17H25N3O/c1-17(2,3)18-16-13-9-6-7-10-14(13)19-12-8-4-5-11-15(19)20(16)21/h6-7,9-10,15,21H,4-5,8,11-12H2,1-3H3. The number of nitrogens with zero attached hydrogens (tertiary/aromatic N) is 3. The van der Waals surface area contributed by atoms with E-state index < -0.39 is 0 Å². The largest absolute Gasteiger partial charge is 0.349 e. The van der Waals surface area contributed by atoms with Gasteiger partial charge in [-0.25, -0.2) is 5.06 Å². The molecule has 4 nitrogen and oxygen atoms in total. The third-order valence-corrected chi connectivity index (χ3v) is 4.12. The highest BCUT2D eigenvalue weighted by Gasteiger charge is 2.36. The van der Waals surface area contributed by atoms with Crippen LogP contribution in [0.4, 0.5) is 5.69 Å². The summed E-state index contributed by atoms with van der Waals surface area (Å²) in [6, 6.07) is 8.30. The Morgan fingerprint density at radius 2 is 1.90 bits per heavy atom. The molecule has 4 heteroatoms. The van der Waals surface area contributed by atoms with Crippen molar-refractivity contribution in [2.45, 2.75) is 58.2 Å². The molecular formula is C17H25N3O. The average Bonchev–Trinajstić information content (AvgIpc) is 2.68. The summed E-state index contributed by atoms with van der Waals surface area (Å²) >= 11 is 0. The van der Waals surface area contributed by atoms with Crippen LogP contribution in [0.5, 0.6) is 0 Å². The number of anilines is 1. The van der Waals surface area contributed by atoms with Crippen LogP contribution in [-0.4, -0.2) is 34.4 Å². The summed E-state index contributed by atoms with van der Waals surface area (Å²) in [6.07, 6.45) is 4.57. The zero-order valence-corrected chi connectivity index (χ0v) is 13.2. The number of amidine groups is 1. The second-order valence-corrected chi connectivity index (χ2v) is 6.99. The van der Waals surface area contributed by atoms with Crippen LogP contribution in [0.25, 0.3) is 0 Å². The van der Waals surface area contributed by atoms with E-state index in [4.69, 9.17) is 4.99 Å². The van der Waals surface area contributed by atoms with Gasteiger partial charge in [0.15, 0.2) is 5.84 Å². The van der Waals surface area contributed by atoms with Gasteiger partial charge in [0.05, 0.1) is 5.54 Å². The summed E-state index contributed by atoms with van der Waals surface area (Å²) in [5.41, 5.74) is 2.03. The molecule has 1 atom stereocenters. The average molecular weight is 287 g/mol. The van der Waals surface area contributed by atoms with Crippen molar-refractivity contribution in [1.29, 1.82) is 0 Å². The molecule has 2 aliphatic rings. The van der Waals surface area contributed by atoms with E-state index in [0.717, 1.165) is 24.9 Å². The zero-order valence-electron chi connectivity index (χ0n) is 13.2. The molecule has 0 amide bonds. The fourth-order valence-electron chi connectivity index (χ4n) is 3.23. The second kappa shape index (κ2) is 5.34. The molecule has 2 heterocycles. The van der Waals surface area contributed by atoms with Gasteiger partial charge in [0.1, 0.15) is 6.17 Å². The smallest absolute Gasteiger partial charge is 0.159 e. The van der Waals surface area contributed by atoms with Crippen molar-refractivity contribution in [2.75, 3.05) is 11.4 Å². The second-order valence-electron chi connectivity index (χ2n) is 6.99. The number of para-hydroxylation sites is 1. The van der Waals surface area contributed by atoms with Crippen molar-refractivity contribution in [2.24, 2.45) is 4.99 Å². The Balaban J connectivity index is 2.12. The van der Waals surface area contributed by atoms with Gasteiger partial charge >= 0.3 is 0 Å². The first kappa shape index (κ1) is 14.4. The Morgan fingerprint density at radius 1 is 1.14 bits per heavy atom. The van der Waals surface area contributed by atoms with Gasteiger partial charge in [-0.2, -0.15) is 0 Å². The van der Waals surface area contributed by atoms with E-state index >= 15 is 0 Å². The van der Waals surface area contributed by atoms with Crippen molar-refractivity contribution in [1.82, 2.24) is 5.06 Å². The molecule has 1 N–H and O–H groups in total. The van der Waals surface area contributed by atoms with Crippen molar-refractivity contribution >= 4 is 11.5 Å². The lowest BCUT2D eigenvalue weighted by Gasteiger charge is -2.44. The topological polar surface area (TPSA) is 39.1 Å². The minimum absolute atomic E-state index is 0.0171. The number of fused-ring (bicyclic) bond motifs is 3. The minimum Gasteiger partial charge on any atom is -0.349 e. The normalized spacial score (nSPS) is 24.6. The Labute approximate surface area is 127 Å². The number of rotatable bonds is 0. The summed E-state index contributed by atoms with van der Waals surface area (Å²) in [4.78, 5) is 7.12. The fourth-order valence-corrected chi connectivity index (χ4v) is 3.23. The SMILES string of the molecule is CC(C)(C)N=C1c2ccccc2N2CCCCCC2N1O. The molecule has 1 aromatic rings. The molecule has 0 bridgehead atoms. The summed E-state index contributed by atoms with van der Waals surface area (Å²) in [7, 11) is 0. The number of hydrogen-bond acceptors (Lipinski definition) is 3. The number of aliphatic imine (C=N–C) groups is 1. The van der Waals surface area contributed by atoms with E-state index in [9.17, 15) is 5.21 Å².